The number of carbonyl (C=O) groups is 1. The molecule has 2 unspecified atom stereocenters. The molecule has 0 aromatic rings. The zero-order chi connectivity index (χ0) is 14.2. The van der Waals surface area contributed by atoms with E-state index in [4.69, 9.17) is 23.4 Å². The van der Waals surface area contributed by atoms with Crippen LogP contribution in [0.5, 0.6) is 0 Å². The molecule has 0 radical (unpaired) electrons. The first-order valence-corrected chi connectivity index (χ1v) is 6.38. The van der Waals surface area contributed by atoms with E-state index in [9.17, 15) is 4.79 Å². The van der Waals surface area contributed by atoms with Crippen molar-refractivity contribution in [3.63, 3.8) is 0 Å². The van der Waals surface area contributed by atoms with Crippen molar-refractivity contribution in [2.45, 2.75) is 31.5 Å². The first kappa shape index (κ1) is 17.3. The molecule has 0 aromatic carbocycles. The van der Waals surface area contributed by atoms with E-state index in [0.29, 0.717) is 16.9 Å². The molecule has 0 aliphatic rings. The summed E-state index contributed by atoms with van der Waals surface area (Å²) >= 11 is 0. The standard InChI is InChI=1S/C11H22O6Si/c1-6-8(16-9(12)7-2)10(13-3)11(14-4,15-5)17-18/h7-8,10H,2,6H2,1,3-5,18H3. The molecule has 0 rings (SSSR count). The van der Waals surface area contributed by atoms with Crippen molar-refractivity contribution in [1.82, 2.24) is 0 Å². The third kappa shape index (κ3) is 3.89. The fraction of sp³-hybridized carbons (Fsp3) is 0.727. The lowest BCUT2D eigenvalue weighted by Crippen LogP contribution is -2.55. The minimum Gasteiger partial charge on any atom is -0.456 e. The highest BCUT2D eigenvalue weighted by atomic mass is 28.2. The second-order valence-electron chi connectivity index (χ2n) is 3.46. The van der Waals surface area contributed by atoms with E-state index in [2.05, 4.69) is 6.58 Å². The number of carbonyl (C=O) groups excluding carboxylic acids is 1. The number of hydrogen-bond acceptors (Lipinski definition) is 6. The van der Waals surface area contributed by atoms with Gasteiger partial charge in [-0.1, -0.05) is 13.5 Å². The van der Waals surface area contributed by atoms with E-state index in [-0.39, 0.29) is 0 Å². The molecule has 0 bridgehead atoms. The van der Waals surface area contributed by atoms with Crippen molar-refractivity contribution in [3.8, 4) is 0 Å². The molecule has 6 nitrogen and oxygen atoms in total. The van der Waals surface area contributed by atoms with Gasteiger partial charge in [0.15, 0.2) is 16.6 Å². The summed E-state index contributed by atoms with van der Waals surface area (Å²) in [6.07, 6.45) is 0.364. The predicted octanol–water partition coefficient (Wildman–Crippen LogP) is -0.247. The van der Waals surface area contributed by atoms with Gasteiger partial charge in [0.1, 0.15) is 6.10 Å². The Balaban J connectivity index is 5.10. The average Bonchev–Trinajstić information content (AvgIpc) is 2.42. The van der Waals surface area contributed by atoms with Gasteiger partial charge in [-0.2, -0.15) is 0 Å². The Labute approximate surface area is 111 Å². The second-order valence-corrected chi connectivity index (χ2v) is 3.87. The Hall–Kier alpha value is -0.733. The molecule has 18 heavy (non-hydrogen) atoms. The Morgan fingerprint density at radius 1 is 1.39 bits per heavy atom. The fourth-order valence-corrected chi connectivity index (χ4v) is 2.24. The van der Waals surface area contributed by atoms with Gasteiger partial charge in [0.25, 0.3) is 0 Å². The molecule has 2 atom stereocenters. The van der Waals surface area contributed by atoms with Gasteiger partial charge < -0.3 is 23.4 Å². The zero-order valence-corrected chi connectivity index (χ0v) is 13.6. The maximum Gasteiger partial charge on any atom is 0.330 e. The Bertz CT molecular complexity index is 258. The van der Waals surface area contributed by atoms with Crippen molar-refractivity contribution in [3.05, 3.63) is 12.7 Å². The van der Waals surface area contributed by atoms with Gasteiger partial charge >= 0.3 is 11.9 Å². The minimum atomic E-state index is -1.37. The highest BCUT2D eigenvalue weighted by Crippen LogP contribution is 2.25. The van der Waals surface area contributed by atoms with Crippen LogP contribution in [0.3, 0.4) is 0 Å². The molecule has 0 fully saturated rings. The summed E-state index contributed by atoms with van der Waals surface area (Å²) in [6, 6.07) is 0. The molecular formula is C11H22O6Si. The van der Waals surface area contributed by atoms with Crippen LogP contribution < -0.4 is 0 Å². The highest BCUT2D eigenvalue weighted by Gasteiger charge is 2.46. The second kappa shape index (κ2) is 8.38. The summed E-state index contributed by atoms with van der Waals surface area (Å²) in [5.74, 6) is -1.90. The van der Waals surface area contributed by atoms with Gasteiger partial charge in [-0.25, -0.2) is 4.79 Å². The molecule has 7 heteroatoms. The maximum atomic E-state index is 11.3. The third-order valence-corrected chi connectivity index (χ3v) is 3.20. The SMILES string of the molecule is C=CC(=O)OC(CC)C(OC)C(OC)(OC)O[SiH3]. The van der Waals surface area contributed by atoms with Gasteiger partial charge in [-0.3, -0.25) is 0 Å². The number of rotatable bonds is 9. The van der Waals surface area contributed by atoms with Crippen molar-refractivity contribution >= 4 is 16.5 Å². The van der Waals surface area contributed by atoms with Crippen LogP contribution in [-0.4, -0.2) is 56.0 Å². The maximum absolute atomic E-state index is 11.3. The molecule has 0 heterocycles. The van der Waals surface area contributed by atoms with E-state index in [1.54, 1.807) is 0 Å². The first-order valence-electron chi connectivity index (χ1n) is 5.56. The lowest BCUT2D eigenvalue weighted by molar-refractivity contribution is -0.376. The Morgan fingerprint density at radius 2 is 1.94 bits per heavy atom. The quantitative estimate of drug-likeness (QED) is 0.251. The van der Waals surface area contributed by atoms with E-state index in [1.165, 1.54) is 21.3 Å². The molecule has 0 aliphatic heterocycles. The van der Waals surface area contributed by atoms with Crippen molar-refractivity contribution in [2.24, 2.45) is 0 Å². The number of ether oxygens (including phenoxy) is 4. The number of hydrogen-bond donors (Lipinski definition) is 0. The largest absolute Gasteiger partial charge is 0.456 e. The molecule has 0 spiro atoms. The van der Waals surface area contributed by atoms with Crippen LogP contribution in [0, 0.1) is 0 Å². The summed E-state index contributed by atoms with van der Waals surface area (Å²) in [6.45, 7) is 5.21. The van der Waals surface area contributed by atoms with E-state index in [0.717, 1.165) is 6.08 Å². The van der Waals surface area contributed by atoms with Crippen LogP contribution in [0.15, 0.2) is 12.7 Å². The van der Waals surface area contributed by atoms with Gasteiger partial charge in [0.05, 0.1) is 0 Å². The topological polar surface area (TPSA) is 63.2 Å². The normalized spacial score (nSPS) is 15.1. The Morgan fingerprint density at radius 3 is 2.22 bits per heavy atom. The van der Waals surface area contributed by atoms with Crippen LogP contribution in [0.25, 0.3) is 0 Å². The lowest BCUT2D eigenvalue weighted by atomic mass is 10.1. The van der Waals surface area contributed by atoms with Crippen LogP contribution in [-0.2, 0) is 28.2 Å². The first-order chi connectivity index (χ1) is 8.54. The van der Waals surface area contributed by atoms with Crippen molar-refractivity contribution in [2.75, 3.05) is 21.3 Å². The third-order valence-electron chi connectivity index (χ3n) is 2.63. The van der Waals surface area contributed by atoms with E-state index < -0.39 is 24.2 Å². The molecule has 0 aromatic heterocycles. The number of methoxy groups -OCH3 is 3. The molecule has 0 saturated carbocycles. The lowest BCUT2D eigenvalue weighted by Gasteiger charge is -2.38. The average molecular weight is 278 g/mol. The minimum absolute atomic E-state index is 0.375. The molecule has 106 valence electrons. The monoisotopic (exact) mass is 278 g/mol. The smallest absolute Gasteiger partial charge is 0.330 e. The fourth-order valence-electron chi connectivity index (χ4n) is 1.68. The van der Waals surface area contributed by atoms with Gasteiger partial charge in [0, 0.05) is 27.4 Å². The highest BCUT2D eigenvalue weighted by molar-refractivity contribution is 5.98. The molecule has 0 saturated heterocycles. The number of esters is 1. The van der Waals surface area contributed by atoms with Gasteiger partial charge in [-0.05, 0) is 6.42 Å². The molecule has 0 N–H and O–H groups in total. The van der Waals surface area contributed by atoms with Crippen LogP contribution >= 0.6 is 0 Å². The summed E-state index contributed by atoms with van der Waals surface area (Å²) < 4.78 is 26.3. The van der Waals surface area contributed by atoms with Crippen LogP contribution in [0.1, 0.15) is 13.3 Å². The molecular weight excluding hydrogens is 256 g/mol. The van der Waals surface area contributed by atoms with Crippen molar-refractivity contribution < 1.29 is 28.2 Å². The van der Waals surface area contributed by atoms with Crippen LogP contribution in [0.2, 0.25) is 0 Å². The zero-order valence-electron chi connectivity index (χ0n) is 11.6. The van der Waals surface area contributed by atoms with E-state index >= 15 is 0 Å². The van der Waals surface area contributed by atoms with Gasteiger partial charge in [-0.15, -0.1) is 0 Å². The predicted molar refractivity (Wildman–Crippen MR) is 68.9 cm³/mol. The summed E-state index contributed by atoms with van der Waals surface area (Å²) in [5, 5.41) is 0. The summed E-state index contributed by atoms with van der Waals surface area (Å²) in [7, 11) is 4.73. The summed E-state index contributed by atoms with van der Waals surface area (Å²) in [5.41, 5.74) is 0. The summed E-state index contributed by atoms with van der Waals surface area (Å²) in [4.78, 5) is 11.3. The van der Waals surface area contributed by atoms with Crippen LogP contribution in [0.4, 0.5) is 0 Å². The van der Waals surface area contributed by atoms with E-state index in [1.807, 2.05) is 6.92 Å². The molecule has 0 amide bonds. The van der Waals surface area contributed by atoms with Gasteiger partial charge in [0.2, 0.25) is 0 Å². The van der Waals surface area contributed by atoms with Crippen molar-refractivity contribution in [1.29, 1.82) is 0 Å². The Kier molecular flexibility index (Phi) is 8.04. The molecule has 0 aliphatic carbocycles.